The fraction of sp³-hybridized carbons (Fsp3) is 0.417. The first-order chi connectivity index (χ1) is 8.61. The first-order valence-electron chi connectivity index (χ1n) is 5.81. The van der Waals surface area contributed by atoms with E-state index >= 15 is 0 Å². The third-order valence-corrected chi connectivity index (χ3v) is 2.75. The van der Waals surface area contributed by atoms with Crippen molar-refractivity contribution in [2.45, 2.75) is 26.7 Å². The fourth-order valence-electron chi connectivity index (χ4n) is 1.74. The van der Waals surface area contributed by atoms with Crippen molar-refractivity contribution in [1.82, 2.24) is 25.0 Å². The normalized spacial score (nSPS) is 10.6. The third-order valence-electron chi connectivity index (χ3n) is 2.75. The second-order valence-electron chi connectivity index (χ2n) is 4.10. The Kier molecular flexibility index (Phi) is 3.45. The van der Waals surface area contributed by atoms with Gasteiger partial charge in [-0.1, -0.05) is 6.92 Å². The molecule has 0 amide bonds. The van der Waals surface area contributed by atoms with E-state index in [0.717, 1.165) is 11.4 Å². The van der Waals surface area contributed by atoms with Gasteiger partial charge in [0.2, 0.25) is 0 Å². The molecule has 0 saturated heterocycles. The molecule has 2 aromatic rings. The minimum atomic E-state index is 0.000880. The highest BCUT2D eigenvalue weighted by Gasteiger charge is 2.15. The van der Waals surface area contributed by atoms with Gasteiger partial charge in [-0.3, -0.25) is 9.48 Å². The summed E-state index contributed by atoms with van der Waals surface area (Å²) in [7, 11) is 1.77. The van der Waals surface area contributed by atoms with E-state index in [1.165, 1.54) is 6.33 Å². The summed E-state index contributed by atoms with van der Waals surface area (Å²) in [5, 5.41) is 12.0. The van der Waals surface area contributed by atoms with Gasteiger partial charge in [0.15, 0.2) is 5.78 Å². The lowest BCUT2D eigenvalue weighted by Crippen LogP contribution is -2.13. The Bertz CT molecular complexity index is 576. The third kappa shape index (κ3) is 2.42. The number of ketones is 1. The lowest BCUT2D eigenvalue weighted by Gasteiger charge is -2.06. The monoisotopic (exact) mass is 245 g/mol. The van der Waals surface area contributed by atoms with Crippen molar-refractivity contribution in [1.29, 1.82) is 0 Å². The Labute approximate surface area is 105 Å². The zero-order chi connectivity index (χ0) is 13.1. The number of rotatable bonds is 4. The van der Waals surface area contributed by atoms with E-state index in [1.807, 2.05) is 13.8 Å². The highest BCUT2D eigenvalue weighted by molar-refractivity contribution is 5.98. The predicted octanol–water partition coefficient (Wildman–Crippen LogP) is 0.901. The molecular weight excluding hydrogens is 230 g/mol. The van der Waals surface area contributed by atoms with Gasteiger partial charge in [-0.05, 0) is 19.4 Å². The Morgan fingerprint density at radius 3 is 2.78 bits per heavy atom. The molecule has 0 fully saturated rings. The number of nitrogens with zero attached hydrogens (tertiary/aromatic N) is 5. The van der Waals surface area contributed by atoms with Crippen LogP contribution >= 0.6 is 0 Å². The Morgan fingerprint density at radius 2 is 2.17 bits per heavy atom. The van der Waals surface area contributed by atoms with Gasteiger partial charge in [0, 0.05) is 12.6 Å². The van der Waals surface area contributed by atoms with Gasteiger partial charge in [0.1, 0.15) is 12.2 Å². The molecular formula is C12H15N5O. The summed E-state index contributed by atoms with van der Waals surface area (Å²) in [5.41, 5.74) is 2.11. The first-order valence-corrected chi connectivity index (χ1v) is 5.81. The maximum Gasteiger partial charge on any atom is 0.172 e. The van der Waals surface area contributed by atoms with Crippen LogP contribution in [-0.4, -0.2) is 30.7 Å². The van der Waals surface area contributed by atoms with Crippen LogP contribution in [-0.2, 0) is 19.9 Å². The second-order valence-corrected chi connectivity index (χ2v) is 4.10. The van der Waals surface area contributed by atoms with Crippen molar-refractivity contribution in [3.05, 3.63) is 35.2 Å². The maximum absolute atomic E-state index is 12.2. The van der Waals surface area contributed by atoms with Crippen LogP contribution < -0.4 is 0 Å². The van der Waals surface area contributed by atoms with Crippen molar-refractivity contribution in [3.63, 3.8) is 0 Å². The van der Waals surface area contributed by atoms with Crippen LogP contribution in [0.4, 0.5) is 0 Å². The molecule has 18 heavy (non-hydrogen) atoms. The van der Waals surface area contributed by atoms with Gasteiger partial charge >= 0.3 is 0 Å². The van der Waals surface area contributed by atoms with Crippen LogP contribution in [0.5, 0.6) is 0 Å². The van der Waals surface area contributed by atoms with Gasteiger partial charge in [0.05, 0.1) is 17.8 Å². The number of Topliss-reactive ketones (excluding diaryl/α,β-unsaturated/α-hetero) is 1. The van der Waals surface area contributed by atoms with Crippen LogP contribution in [0.3, 0.4) is 0 Å². The first kappa shape index (κ1) is 12.3. The molecule has 0 aliphatic heterocycles. The average molecular weight is 245 g/mol. The van der Waals surface area contributed by atoms with E-state index in [1.54, 1.807) is 17.8 Å². The Balaban J connectivity index is 2.29. The summed E-state index contributed by atoms with van der Waals surface area (Å²) in [5.74, 6) is 0.650. The molecule has 0 bridgehead atoms. The molecule has 2 rings (SSSR count). The molecule has 2 heterocycles. The molecule has 0 aliphatic carbocycles. The quantitative estimate of drug-likeness (QED) is 0.748. The minimum Gasteiger partial charge on any atom is -0.294 e. The van der Waals surface area contributed by atoms with E-state index in [4.69, 9.17) is 0 Å². The van der Waals surface area contributed by atoms with Gasteiger partial charge in [-0.15, -0.1) is 0 Å². The average Bonchev–Trinajstić information content (AvgIpc) is 2.75. The number of aromatic nitrogens is 5. The summed E-state index contributed by atoms with van der Waals surface area (Å²) >= 11 is 0. The van der Waals surface area contributed by atoms with Crippen LogP contribution in [0, 0.1) is 6.92 Å². The van der Waals surface area contributed by atoms with E-state index < -0.39 is 0 Å². The van der Waals surface area contributed by atoms with E-state index in [9.17, 15) is 4.79 Å². The Morgan fingerprint density at radius 1 is 1.39 bits per heavy atom. The van der Waals surface area contributed by atoms with Crippen LogP contribution in [0.15, 0.2) is 12.4 Å². The van der Waals surface area contributed by atoms with Crippen molar-refractivity contribution < 1.29 is 4.79 Å². The molecule has 0 aliphatic rings. The molecule has 0 spiro atoms. The molecule has 0 saturated carbocycles. The standard InChI is InChI=1S/C12H15N5O/c1-4-10-9(5-8(2)15-16-10)11(18)6-12-13-7-14-17(12)3/h5,7H,4,6H2,1-3H3. The number of carbonyl (C=O) groups excluding carboxylic acids is 1. The smallest absolute Gasteiger partial charge is 0.172 e. The van der Waals surface area contributed by atoms with E-state index in [0.29, 0.717) is 17.8 Å². The van der Waals surface area contributed by atoms with Crippen LogP contribution in [0.2, 0.25) is 0 Å². The lowest BCUT2D eigenvalue weighted by atomic mass is 10.0. The molecule has 2 aromatic heterocycles. The van der Waals surface area contributed by atoms with Crippen molar-refractivity contribution in [2.24, 2.45) is 7.05 Å². The minimum absolute atomic E-state index is 0.000880. The largest absolute Gasteiger partial charge is 0.294 e. The zero-order valence-electron chi connectivity index (χ0n) is 10.7. The highest BCUT2D eigenvalue weighted by Crippen LogP contribution is 2.11. The number of hydrogen-bond donors (Lipinski definition) is 0. The number of hydrogen-bond acceptors (Lipinski definition) is 5. The maximum atomic E-state index is 12.2. The van der Waals surface area contributed by atoms with E-state index in [2.05, 4.69) is 20.3 Å². The van der Waals surface area contributed by atoms with Gasteiger partial charge < -0.3 is 0 Å². The van der Waals surface area contributed by atoms with Gasteiger partial charge in [0.25, 0.3) is 0 Å². The molecule has 0 atom stereocenters. The van der Waals surface area contributed by atoms with E-state index in [-0.39, 0.29) is 12.2 Å². The topological polar surface area (TPSA) is 73.6 Å². The lowest BCUT2D eigenvalue weighted by molar-refractivity contribution is 0.0988. The second kappa shape index (κ2) is 5.03. The number of aryl methyl sites for hydroxylation is 3. The SMILES string of the molecule is CCc1nnc(C)cc1C(=O)Cc1ncnn1C. The van der Waals surface area contributed by atoms with Crippen LogP contribution in [0.1, 0.15) is 34.5 Å². The zero-order valence-corrected chi connectivity index (χ0v) is 10.7. The molecule has 0 radical (unpaired) electrons. The van der Waals surface area contributed by atoms with Crippen molar-refractivity contribution in [3.8, 4) is 0 Å². The summed E-state index contributed by atoms with van der Waals surface area (Å²) in [6.45, 7) is 3.78. The van der Waals surface area contributed by atoms with Crippen molar-refractivity contribution >= 4 is 5.78 Å². The molecule has 94 valence electrons. The van der Waals surface area contributed by atoms with Crippen LogP contribution in [0.25, 0.3) is 0 Å². The molecule has 0 unspecified atom stereocenters. The molecule has 6 nitrogen and oxygen atoms in total. The molecule has 6 heteroatoms. The summed E-state index contributed by atoms with van der Waals surface area (Å²) in [6, 6.07) is 1.78. The van der Waals surface area contributed by atoms with Gasteiger partial charge in [-0.25, -0.2) is 4.98 Å². The molecule has 0 N–H and O–H groups in total. The number of carbonyl (C=O) groups is 1. The molecule has 0 aromatic carbocycles. The van der Waals surface area contributed by atoms with Gasteiger partial charge in [-0.2, -0.15) is 15.3 Å². The summed E-state index contributed by atoms with van der Waals surface area (Å²) in [6.07, 6.45) is 2.36. The summed E-state index contributed by atoms with van der Waals surface area (Å²) < 4.78 is 1.60. The summed E-state index contributed by atoms with van der Waals surface area (Å²) in [4.78, 5) is 16.3. The van der Waals surface area contributed by atoms with Crippen molar-refractivity contribution in [2.75, 3.05) is 0 Å². The predicted molar refractivity (Wildman–Crippen MR) is 65.2 cm³/mol. The Hall–Kier alpha value is -2.11. The highest BCUT2D eigenvalue weighted by atomic mass is 16.1. The fourth-order valence-corrected chi connectivity index (χ4v) is 1.74.